The van der Waals surface area contributed by atoms with Crippen molar-refractivity contribution in [3.63, 3.8) is 0 Å². The number of carbonyl (C=O) groups is 1. The molecule has 0 bridgehead atoms. The van der Waals surface area contributed by atoms with Crippen LogP contribution in [0.2, 0.25) is 0 Å². The summed E-state index contributed by atoms with van der Waals surface area (Å²) in [6, 6.07) is 15.7. The number of thioether (sulfide) groups is 1. The first kappa shape index (κ1) is 18.1. The van der Waals surface area contributed by atoms with Crippen molar-refractivity contribution in [2.75, 3.05) is 13.7 Å². The fraction of sp³-hybridized carbons (Fsp3) is 0.200. The number of fused-ring (bicyclic) bond motifs is 1. The van der Waals surface area contributed by atoms with Gasteiger partial charge in [0.1, 0.15) is 5.75 Å². The van der Waals surface area contributed by atoms with Crippen molar-refractivity contribution in [1.29, 1.82) is 0 Å². The highest BCUT2D eigenvalue weighted by atomic mass is 32.2. The molecule has 26 heavy (non-hydrogen) atoms. The molecule has 3 aromatic rings. The van der Waals surface area contributed by atoms with Gasteiger partial charge in [-0.1, -0.05) is 30.0 Å². The first-order valence-electron chi connectivity index (χ1n) is 8.31. The zero-order valence-electron chi connectivity index (χ0n) is 14.8. The van der Waals surface area contributed by atoms with Gasteiger partial charge in [0.2, 0.25) is 5.91 Å². The Morgan fingerprint density at radius 1 is 1.31 bits per heavy atom. The van der Waals surface area contributed by atoms with Gasteiger partial charge in [0.25, 0.3) is 0 Å². The Morgan fingerprint density at radius 3 is 2.73 bits per heavy atom. The van der Waals surface area contributed by atoms with Crippen molar-refractivity contribution in [3.05, 3.63) is 61.2 Å². The molecule has 3 rings (SSSR count). The molecular formula is C20H21N3O2S. The van der Waals surface area contributed by atoms with Crippen LogP contribution in [0.25, 0.3) is 16.7 Å². The van der Waals surface area contributed by atoms with E-state index < -0.39 is 0 Å². The van der Waals surface area contributed by atoms with Crippen LogP contribution in [-0.4, -0.2) is 34.4 Å². The second-order valence-electron chi connectivity index (χ2n) is 5.71. The van der Waals surface area contributed by atoms with E-state index in [9.17, 15) is 4.79 Å². The third-order valence-corrected chi connectivity index (χ3v) is 4.98. The highest BCUT2D eigenvalue weighted by Gasteiger charge is 2.19. The van der Waals surface area contributed by atoms with E-state index in [0.29, 0.717) is 6.54 Å². The van der Waals surface area contributed by atoms with Crippen LogP contribution in [-0.2, 0) is 4.79 Å². The van der Waals surface area contributed by atoms with Gasteiger partial charge in [0.05, 0.1) is 23.4 Å². The number of nitrogens with one attached hydrogen (secondary N) is 1. The van der Waals surface area contributed by atoms with Crippen LogP contribution in [0.5, 0.6) is 5.75 Å². The van der Waals surface area contributed by atoms with E-state index in [1.807, 2.05) is 55.5 Å². The Morgan fingerprint density at radius 2 is 2.04 bits per heavy atom. The number of methoxy groups -OCH3 is 1. The van der Waals surface area contributed by atoms with Crippen molar-refractivity contribution in [3.8, 4) is 11.4 Å². The molecule has 0 radical (unpaired) electrons. The van der Waals surface area contributed by atoms with Crippen LogP contribution in [0, 0.1) is 0 Å². The molecule has 134 valence electrons. The topological polar surface area (TPSA) is 56.2 Å². The fourth-order valence-corrected chi connectivity index (χ4v) is 3.56. The van der Waals surface area contributed by atoms with Crippen molar-refractivity contribution < 1.29 is 9.53 Å². The van der Waals surface area contributed by atoms with Crippen LogP contribution in [0.4, 0.5) is 0 Å². The zero-order valence-corrected chi connectivity index (χ0v) is 15.6. The summed E-state index contributed by atoms with van der Waals surface area (Å²) in [6.45, 7) is 5.96. The number of amides is 1. The minimum absolute atomic E-state index is 0.0387. The molecular weight excluding hydrogens is 346 g/mol. The SMILES string of the molecule is C=CCNC(=O)[C@@H](C)Sc1nc2ccccc2n1-c1ccc(OC)cc1. The third-order valence-electron chi connectivity index (χ3n) is 3.93. The highest BCUT2D eigenvalue weighted by molar-refractivity contribution is 8.00. The largest absolute Gasteiger partial charge is 0.497 e. The van der Waals surface area contributed by atoms with E-state index in [0.717, 1.165) is 27.6 Å². The molecule has 0 spiro atoms. The summed E-state index contributed by atoms with van der Waals surface area (Å²) in [7, 11) is 1.65. The zero-order chi connectivity index (χ0) is 18.5. The molecule has 0 fully saturated rings. The molecule has 1 atom stereocenters. The molecule has 0 aliphatic carbocycles. The van der Waals surface area contributed by atoms with E-state index in [1.54, 1.807) is 13.2 Å². The number of benzene rings is 2. The number of hydrogen-bond acceptors (Lipinski definition) is 4. The first-order valence-corrected chi connectivity index (χ1v) is 9.19. The predicted octanol–water partition coefficient (Wildman–Crippen LogP) is 3.82. The van der Waals surface area contributed by atoms with Gasteiger partial charge in [0.15, 0.2) is 5.16 Å². The van der Waals surface area contributed by atoms with Gasteiger partial charge in [-0.2, -0.15) is 0 Å². The molecule has 6 heteroatoms. The van der Waals surface area contributed by atoms with Crippen molar-refractivity contribution in [1.82, 2.24) is 14.9 Å². The Hall–Kier alpha value is -2.73. The molecule has 1 aromatic heterocycles. The normalized spacial score (nSPS) is 11.9. The lowest BCUT2D eigenvalue weighted by Crippen LogP contribution is -2.31. The van der Waals surface area contributed by atoms with Crippen molar-refractivity contribution in [2.24, 2.45) is 0 Å². The number of imidazole rings is 1. The molecule has 5 nitrogen and oxygen atoms in total. The van der Waals surface area contributed by atoms with Crippen LogP contribution < -0.4 is 10.1 Å². The maximum Gasteiger partial charge on any atom is 0.233 e. The molecule has 0 saturated carbocycles. The molecule has 2 aromatic carbocycles. The van der Waals surface area contributed by atoms with Gasteiger partial charge >= 0.3 is 0 Å². The molecule has 0 aliphatic rings. The van der Waals surface area contributed by atoms with Gasteiger partial charge in [-0.15, -0.1) is 6.58 Å². The van der Waals surface area contributed by atoms with Gasteiger partial charge in [-0.25, -0.2) is 4.98 Å². The molecule has 0 aliphatic heterocycles. The lowest BCUT2D eigenvalue weighted by molar-refractivity contribution is -0.120. The maximum absolute atomic E-state index is 12.2. The van der Waals surface area contributed by atoms with Crippen LogP contribution in [0.15, 0.2) is 66.3 Å². The van der Waals surface area contributed by atoms with Gasteiger partial charge < -0.3 is 10.1 Å². The van der Waals surface area contributed by atoms with Gasteiger partial charge in [-0.3, -0.25) is 9.36 Å². The Balaban J connectivity index is 1.99. The van der Waals surface area contributed by atoms with Gasteiger partial charge in [-0.05, 0) is 43.3 Å². The number of aromatic nitrogens is 2. The fourth-order valence-electron chi connectivity index (χ4n) is 2.59. The lowest BCUT2D eigenvalue weighted by atomic mass is 10.2. The average molecular weight is 367 g/mol. The molecule has 1 N–H and O–H groups in total. The van der Waals surface area contributed by atoms with E-state index in [2.05, 4.69) is 16.5 Å². The number of carbonyl (C=O) groups excluding carboxylic acids is 1. The third kappa shape index (κ3) is 3.75. The number of rotatable bonds is 7. The molecule has 0 unspecified atom stereocenters. The Labute approximate surface area is 157 Å². The number of para-hydroxylation sites is 2. The summed E-state index contributed by atoms with van der Waals surface area (Å²) in [4.78, 5) is 16.9. The van der Waals surface area contributed by atoms with Crippen molar-refractivity contribution in [2.45, 2.75) is 17.3 Å². The second kappa shape index (κ2) is 8.10. The summed E-state index contributed by atoms with van der Waals surface area (Å²) in [5.41, 5.74) is 2.86. The summed E-state index contributed by atoms with van der Waals surface area (Å²) in [5.74, 6) is 0.757. The summed E-state index contributed by atoms with van der Waals surface area (Å²) in [6.07, 6.45) is 1.67. The molecule has 1 heterocycles. The van der Waals surface area contributed by atoms with E-state index >= 15 is 0 Å². The Kier molecular flexibility index (Phi) is 5.63. The number of hydrogen-bond donors (Lipinski definition) is 1. The standard InChI is InChI=1S/C20H21N3O2S/c1-4-13-21-19(24)14(2)26-20-22-17-7-5-6-8-18(17)23(20)15-9-11-16(25-3)12-10-15/h4-12,14H,1,13H2,2-3H3,(H,21,24)/t14-/m1/s1. The smallest absolute Gasteiger partial charge is 0.233 e. The summed E-state index contributed by atoms with van der Waals surface area (Å²) in [5, 5.41) is 3.33. The molecule has 0 saturated heterocycles. The van der Waals surface area contributed by atoms with Crippen molar-refractivity contribution >= 4 is 28.7 Å². The predicted molar refractivity (Wildman–Crippen MR) is 106 cm³/mol. The van der Waals surface area contributed by atoms with E-state index in [-0.39, 0.29) is 11.2 Å². The minimum Gasteiger partial charge on any atom is -0.497 e. The Bertz CT molecular complexity index is 918. The molecule has 1 amide bonds. The summed E-state index contributed by atoms with van der Waals surface area (Å²) < 4.78 is 7.31. The number of ether oxygens (including phenoxy) is 1. The second-order valence-corrected chi connectivity index (χ2v) is 7.02. The monoisotopic (exact) mass is 367 g/mol. The van der Waals surface area contributed by atoms with Crippen LogP contribution in [0.1, 0.15) is 6.92 Å². The van der Waals surface area contributed by atoms with Crippen LogP contribution >= 0.6 is 11.8 Å². The highest BCUT2D eigenvalue weighted by Crippen LogP contribution is 2.31. The lowest BCUT2D eigenvalue weighted by Gasteiger charge is -2.13. The van der Waals surface area contributed by atoms with Gasteiger partial charge in [0, 0.05) is 12.2 Å². The quantitative estimate of drug-likeness (QED) is 0.509. The maximum atomic E-state index is 12.2. The minimum atomic E-state index is -0.274. The number of nitrogens with zero attached hydrogens (tertiary/aromatic N) is 2. The average Bonchev–Trinajstić information content (AvgIpc) is 3.03. The van der Waals surface area contributed by atoms with Crippen LogP contribution in [0.3, 0.4) is 0 Å². The first-order chi connectivity index (χ1) is 12.6. The van der Waals surface area contributed by atoms with E-state index in [4.69, 9.17) is 9.72 Å². The summed E-state index contributed by atoms with van der Waals surface area (Å²) >= 11 is 1.43. The van der Waals surface area contributed by atoms with E-state index in [1.165, 1.54) is 11.8 Å².